The van der Waals surface area contributed by atoms with Crippen LogP contribution in [0.15, 0.2) is 36.5 Å². The maximum atomic E-state index is 11.7. The number of nitrogens with one attached hydrogen (secondary N) is 2. The van der Waals surface area contributed by atoms with Gasteiger partial charge >= 0.3 is 5.97 Å². The fourth-order valence-corrected chi connectivity index (χ4v) is 1.97. The molecular formula is C17H16N4O4. The van der Waals surface area contributed by atoms with E-state index in [9.17, 15) is 9.59 Å². The van der Waals surface area contributed by atoms with Crippen molar-refractivity contribution in [3.8, 4) is 11.8 Å². The summed E-state index contributed by atoms with van der Waals surface area (Å²) >= 11 is 0. The molecular weight excluding hydrogens is 324 g/mol. The topological polar surface area (TPSA) is 113 Å². The third-order valence-electron chi connectivity index (χ3n) is 3.18. The van der Waals surface area contributed by atoms with E-state index in [-0.39, 0.29) is 17.7 Å². The fraction of sp³-hybridized carbons (Fsp3) is 0.176. The second-order valence-electron chi connectivity index (χ2n) is 4.85. The first kappa shape index (κ1) is 17.7. The van der Waals surface area contributed by atoms with E-state index in [1.807, 2.05) is 0 Å². The van der Waals surface area contributed by atoms with Gasteiger partial charge in [0.05, 0.1) is 31.5 Å². The molecule has 2 rings (SSSR count). The molecule has 25 heavy (non-hydrogen) atoms. The van der Waals surface area contributed by atoms with Gasteiger partial charge in [-0.3, -0.25) is 4.79 Å². The number of carbonyl (C=O) groups is 2. The summed E-state index contributed by atoms with van der Waals surface area (Å²) in [6, 6.07) is 10.3. The Labute approximate surface area is 144 Å². The van der Waals surface area contributed by atoms with Crippen LogP contribution in [0.4, 0.5) is 17.2 Å². The van der Waals surface area contributed by atoms with E-state index >= 15 is 0 Å². The average molecular weight is 340 g/mol. The minimum atomic E-state index is -0.584. The Bertz CT molecular complexity index is 812. The van der Waals surface area contributed by atoms with Gasteiger partial charge in [-0.15, -0.1) is 0 Å². The Morgan fingerprint density at radius 3 is 2.56 bits per heavy atom. The summed E-state index contributed by atoms with van der Waals surface area (Å²) in [4.78, 5) is 27.5. The molecule has 1 amide bonds. The van der Waals surface area contributed by atoms with E-state index in [4.69, 9.17) is 10.00 Å². The van der Waals surface area contributed by atoms with Crippen LogP contribution in [0.3, 0.4) is 0 Å². The highest BCUT2D eigenvalue weighted by Crippen LogP contribution is 2.26. The SMILES string of the molecule is COC(=O)c1cnc(Nc2ccc(OC)cc2)c(NC(=O)CC#N)c1. The molecule has 2 N–H and O–H groups in total. The summed E-state index contributed by atoms with van der Waals surface area (Å²) in [7, 11) is 2.82. The van der Waals surface area contributed by atoms with Crippen LogP contribution < -0.4 is 15.4 Å². The number of rotatable bonds is 6. The molecule has 1 aromatic carbocycles. The predicted molar refractivity (Wildman–Crippen MR) is 90.7 cm³/mol. The van der Waals surface area contributed by atoms with Crippen LogP contribution in [0.25, 0.3) is 0 Å². The van der Waals surface area contributed by atoms with Crippen LogP contribution in [0.5, 0.6) is 5.75 Å². The number of anilines is 3. The molecule has 0 fully saturated rings. The molecule has 8 heteroatoms. The van der Waals surface area contributed by atoms with Crippen molar-refractivity contribution >= 4 is 29.1 Å². The summed E-state index contributed by atoms with van der Waals surface area (Å²) in [5, 5.41) is 14.2. The van der Waals surface area contributed by atoms with Crippen molar-refractivity contribution in [2.75, 3.05) is 24.9 Å². The Morgan fingerprint density at radius 1 is 1.24 bits per heavy atom. The third-order valence-corrected chi connectivity index (χ3v) is 3.18. The number of pyridine rings is 1. The molecule has 0 aliphatic heterocycles. The van der Waals surface area contributed by atoms with E-state index in [0.29, 0.717) is 17.3 Å². The first-order chi connectivity index (χ1) is 12.1. The van der Waals surface area contributed by atoms with Crippen molar-refractivity contribution < 1.29 is 19.1 Å². The van der Waals surface area contributed by atoms with Crippen LogP contribution in [0.1, 0.15) is 16.8 Å². The Balaban J connectivity index is 2.32. The summed E-state index contributed by atoms with van der Waals surface area (Å²) in [5.41, 5.74) is 1.14. The maximum Gasteiger partial charge on any atom is 0.339 e. The average Bonchev–Trinajstić information content (AvgIpc) is 2.63. The van der Waals surface area contributed by atoms with Crippen LogP contribution in [-0.4, -0.2) is 31.1 Å². The van der Waals surface area contributed by atoms with Gasteiger partial charge in [0.25, 0.3) is 0 Å². The highest BCUT2D eigenvalue weighted by molar-refractivity contribution is 5.98. The molecule has 8 nitrogen and oxygen atoms in total. The van der Waals surface area contributed by atoms with Crippen molar-refractivity contribution in [2.24, 2.45) is 0 Å². The number of hydrogen-bond donors (Lipinski definition) is 2. The molecule has 0 saturated heterocycles. The quantitative estimate of drug-likeness (QED) is 0.776. The number of ether oxygens (including phenoxy) is 2. The van der Waals surface area contributed by atoms with E-state index < -0.39 is 11.9 Å². The van der Waals surface area contributed by atoms with Crippen LogP contribution >= 0.6 is 0 Å². The number of benzene rings is 1. The molecule has 1 aromatic heterocycles. The molecule has 0 atom stereocenters. The number of esters is 1. The lowest BCUT2D eigenvalue weighted by atomic mass is 10.2. The smallest absolute Gasteiger partial charge is 0.339 e. The first-order valence-electron chi connectivity index (χ1n) is 7.23. The van der Waals surface area contributed by atoms with Crippen LogP contribution in [0.2, 0.25) is 0 Å². The molecule has 0 unspecified atom stereocenters. The number of nitriles is 1. The zero-order chi connectivity index (χ0) is 18.2. The van der Waals surface area contributed by atoms with Gasteiger partial charge in [-0.2, -0.15) is 5.26 Å². The van der Waals surface area contributed by atoms with Gasteiger partial charge in [-0.05, 0) is 30.3 Å². The first-order valence-corrected chi connectivity index (χ1v) is 7.23. The molecule has 0 radical (unpaired) electrons. The van der Waals surface area contributed by atoms with Crippen molar-refractivity contribution in [3.63, 3.8) is 0 Å². The van der Waals surface area contributed by atoms with E-state index in [2.05, 4.69) is 20.4 Å². The summed E-state index contributed by atoms with van der Waals surface area (Å²) in [6.45, 7) is 0. The molecule has 0 aliphatic rings. The summed E-state index contributed by atoms with van der Waals surface area (Å²) < 4.78 is 9.74. The van der Waals surface area contributed by atoms with Crippen molar-refractivity contribution in [1.29, 1.82) is 5.26 Å². The maximum absolute atomic E-state index is 11.7. The molecule has 1 heterocycles. The molecule has 0 aliphatic carbocycles. The Kier molecular flexibility index (Phi) is 5.90. The van der Waals surface area contributed by atoms with Gasteiger partial charge in [0, 0.05) is 11.9 Å². The lowest BCUT2D eigenvalue weighted by molar-refractivity contribution is -0.115. The lowest BCUT2D eigenvalue weighted by Gasteiger charge is -2.13. The van der Waals surface area contributed by atoms with Gasteiger partial charge in [-0.25, -0.2) is 9.78 Å². The van der Waals surface area contributed by atoms with Gasteiger partial charge in [0.1, 0.15) is 12.2 Å². The number of carbonyl (C=O) groups excluding carboxylic acids is 2. The number of methoxy groups -OCH3 is 2. The molecule has 128 valence electrons. The highest BCUT2D eigenvalue weighted by atomic mass is 16.5. The second kappa shape index (κ2) is 8.31. The van der Waals surface area contributed by atoms with E-state index in [1.165, 1.54) is 19.4 Å². The van der Waals surface area contributed by atoms with E-state index in [0.717, 1.165) is 0 Å². The Morgan fingerprint density at radius 2 is 1.96 bits per heavy atom. The minimum Gasteiger partial charge on any atom is -0.497 e. The predicted octanol–water partition coefficient (Wildman–Crippen LogP) is 2.47. The standard InChI is InChI=1S/C17H16N4O4/c1-24-13-5-3-12(4-6-13)20-16-14(21-15(22)7-8-18)9-11(10-19-16)17(23)25-2/h3-6,9-10H,7H2,1-2H3,(H,19,20)(H,21,22). The summed E-state index contributed by atoms with van der Waals surface area (Å²) in [5.74, 6) is -0.0745. The fourth-order valence-electron chi connectivity index (χ4n) is 1.97. The number of amides is 1. The monoisotopic (exact) mass is 340 g/mol. The molecule has 0 bridgehead atoms. The van der Waals surface area contributed by atoms with Crippen LogP contribution in [-0.2, 0) is 9.53 Å². The number of nitrogens with zero attached hydrogens (tertiary/aromatic N) is 2. The normalized spacial score (nSPS) is 9.64. The van der Waals surface area contributed by atoms with Gasteiger partial charge in [0.2, 0.25) is 5.91 Å². The zero-order valence-corrected chi connectivity index (χ0v) is 13.7. The highest BCUT2D eigenvalue weighted by Gasteiger charge is 2.14. The van der Waals surface area contributed by atoms with Gasteiger partial charge in [-0.1, -0.05) is 0 Å². The largest absolute Gasteiger partial charge is 0.497 e. The number of hydrogen-bond acceptors (Lipinski definition) is 7. The van der Waals surface area contributed by atoms with Gasteiger partial charge in [0.15, 0.2) is 5.82 Å². The third kappa shape index (κ3) is 4.68. The molecule has 0 saturated carbocycles. The number of aromatic nitrogens is 1. The van der Waals surface area contributed by atoms with Crippen molar-refractivity contribution in [1.82, 2.24) is 4.98 Å². The minimum absolute atomic E-state index is 0.176. The molecule has 2 aromatic rings. The van der Waals surface area contributed by atoms with E-state index in [1.54, 1.807) is 37.4 Å². The van der Waals surface area contributed by atoms with Gasteiger partial charge < -0.3 is 20.1 Å². The second-order valence-corrected chi connectivity index (χ2v) is 4.85. The Hall–Kier alpha value is -3.60. The zero-order valence-electron chi connectivity index (χ0n) is 13.7. The lowest BCUT2D eigenvalue weighted by Crippen LogP contribution is -2.14. The summed E-state index contributed by atoms with van der Waals surface area (Å²) in [6.07, 6.45) is 1.02. The molecule has 0 spiro atoms. The van der Waals surface area contributed by atoms with Crippen molar-refractivity contribution in [2.45, 2.75) is 6.42 Å². The van der Waals surface area contributed by atoms with Crippen molar-refractivity contribution in [3.05, 3.63) is 42.1 Å². The van der Waals surface area contributed by atoms with Crippen LogP contribution in [0, 0.1) is 11.3 Å².